The van der Waals surface area contributed by atoms with Gasteiger partial charge >= 0.3 is 0 Å². The molecule has 1 atom stereocenters. The zero-order chi connectivity index (χ0) is 18.8. The van der Waals surface area contributed by atoms with Crippen LogP contribution in [-0.2, 0) is 4.79 Å². The van der Waals surface area contributed by atoms with Gasteiger partial charge in [-0.1, -0.05) is 43.8 Å². The molecular weight excluding hydrogens is 380 g/mol. The van der Waals surface area contributed by atoms with Crippen molar-refractivity contribution < 1.29 is 9.53 Å². The van der Waals surface area contributed by atoms with Crippen LogP contribution in [0.5, 0.6) is 5.88 Å². The number of hydrogen-bond donors (Lipinski definition) is 0. The Labute approximate surface area is 165 Å². The van der Waals surface area contributed by atoms with Crippen LogP contribution in [0.1, 0.15) is 32.1 Å². The topological polar surface area (TPSA) is 68.2 Å². The first-order valence-electron chi connectivity index (χ1n) is 8.70. The first-order valence-corrected chi connectivity index (χ1v) is 10.6. The lowest BCUT2D eigenvalue weighted by Gasteiger charge is -2.30. The van der Waals surface area contributed by atoms with Crippen molar-refractivity contribution >= 4 is 34.7 Å². The van der Waals surface area contributed by atoms with Crippen molar-refractivity contribution in [1.82, 2.24) is 15.2 Å². The fraction of sp³-hybridized carbons (Fsp3) is 0.263. The van der Waals surface area contributed by atoms with Crippen LogP contribution >= 0.6 is 23.1 Å². The highest BCUT2D eigenvalue weighted by atomic mass is 32.2. The lowest BCUT2D eigenvalue weighted by molar-refractivity contribution is -0.120. The SMILES string of the molecule is CCSc1nnc2c(n1)OC(c1ccsc1)N(C(=O)CC)c1ccccc1-2. The first kappa shape index (κ1) is 17.9. The number of carbonyl (C=O) groups excluding carboxylic acids is 1. The van der Waals surface area contributed by atoms with Crippen LogP contribution in [0, 0.1) is 0 Å². The molecule has 3 aromatic rings. The van der Waals surface area contributed by atoms with E-state index in [1.54, 1.807) is 16.2 Å². The molecule has 6 nitrogen and oxygen atoms in total. The molecule has 4 rings (SSSR count). The third-order valence-corrected chi connectivity index (χ3v) is 5.61. The Balaban J connectivity index is 1.94. The third-order valence-electron chi connectivity index (χ3n) is 4.18. The average molecular weight is 399 g/mol. The molecule has 1 aliphatic rings. The number of nitrogens with zero attached hydrogens (tertiary/aromatic N) is 4. The van der Waals surface area contributed by atoms with Crippen LogP contribution in [-0.4, -0.2) is 26.8 Å². The lowest BCUT2D eigenvalue weighted by Crippen LogP contribution is -2.37. The number of rotatable bonds is 4. The second kappa shape index (κ2) is 7.66. The summed E-state index contributed by atoms with van der Waals surface area (Å²) < 4.78 is 6.29. The standard InChI is InChI=1S/C19H18N4O2S2/c1-3-15(24)23-14-8-6-5-7-13(14)16-17(20-19(22-21-16)27-4-2)25-18(23)12-9-10-26-11-12/h5-11,18H,3-4H2,1-2H3. The van der Waals surface area contributed by atoms with Gasteiger partial charge < -0.3 is 4.74 Å². The zero-order valence-corrected chi connectivity index (χ0v) is 16.6. The summed E-state index contributed by atoms with van der Waals surface area (Å²) in [6.45, 7) is 3.88. The maximum atomic E-state index is 12.9. The highest BCUT2D eigenvalue weighted by Crippen LogP contribution is 2.43. The Morgan fingerprint density at radius 3 is 2.85 bits per heavy atom. The summed E-state index contributed by atoms with van der Waals surface area (Å²) >= 11 is 3.07. The fourth-order valence-electron chi connectivity index (χ4n) is 2.98. The van der Waals surface area contributed by atoms with Gasteiger partial charge in [-0.2, -0.15) is 16.3 Å². The van der Waals surface area contributed by atoms with Crippen molar-refractivity contribution in [1.29, 1.82) is 0 Å². The second-order valence-corrected chi connectivity index (χ2v) is 7.85. The van der Waals surface area contributed by atoms with Crippen molar-refractivity contribution in [3.05, 3.63) is 46.7 Å². The number of hydrogen-bond acceptors (Lipinski definition) is 7. The molecule has 0 spiro atoms. The number of benzene rings is 1. The number of amides is 1. The van der Waals surface area contributed by atoms with Crippen LogP contribution in [0.3, 0.4) is 0 Å². The molecule has 1 aliphatic heterocycles. The molecule has 0 saturated carbocycles. The minimum atomic E-state index is -0.595. The third kappa shape index (κ3) is 3.30. The molecule has 27 heavy (non-hydrogen) atoms. The summed E-state index contributed by atoms with van der Waals surface area (Å²) in [6, 6.07) is 9.63. The van der Waals surface area contributed by atoms with Crippen molar-refractivity contribution in [2.24, 2.45) is 0 Å². The number of para-hydroxylation sites is 1. The van der Waals surface area contributed by atoms with E-state index in [9.17, 15) is 4.79 Å². The first-order chi connectivity index (χ1) is 13.2. The van der Waals surface area contributed by atoms with Crippen LogP contribution < -0.4 is 9.64 Å². The van der Waals surface area contributed by atoms with E-state index in [4.69, 9.17) is 4.74 Å². The Bertz CT molecular complexity index is 962. The van der Waals surface area contributed by atoms with Gasteiger partial charge in [0.05, 0.1) is 5.69 Å². The number of thioether (sulfide) groups is 1. The predicted octanol–water partition coefficient (Wildman–Crippen LogP) is 4.55. The summed E-state index contributed by atoms with van der Waals surface area (Å²) in [6.07, 6.45) is -0.229. The number of anilines is 1. The quantitative estimate of drug-likeness (QED) is 0.601. The Morgan fingerprint density at radius 1 is 1.26 bits per heavy atom. The molecule has 2 aromatic heterocycles. The van der Waals surface area contributed by atoms with Gasteiger partial charge in [0.15, 0.2) is 5.69 Å². The molecule has 1 amide bonds. The summed E-state index contributed by atoms with van der Waals surface area (Å²) in [7, 11) is 0. The molecule has 0 N–H and O–H groups in total. The molecule has 0 radical (unpaired) electrons. The second-order valence-electron chi connectivity index (χ2n) is 5.84. The maximum Gasteiger partial charge on any atom is 0.247 e. The van der Waals surface area contributed by atoms with E-state index in [2.05, 4.69) is 15.2 Å². The number of ether oxygens (including phenoxy) is 1. The monoisotopic (exact) mass is 398 g/mol. The van der Waals surface area contributed by atoms with E-state index in [1.165, 1.54) is 11.8 Å². The number of aromatic nitrogens is 3. The Hall–Kier alpha value is -2.45. The van der Waals surface area contributed by atoms with Gasteiger partial charge in [-0.15, -0.1) is 10.2 Å². The van der Waals surface area contributed by atoms with Gasteiger partial charge in [0, 0.05) is 17.5 Å². The highest BCUT2D eigenvalue weighted by Gasteiger charge is 2.35. The van der Waals surface area contributed by atoms with Crippen molar-refractivity contribution in [2.75, 3.05) is 10.7 Å². The summed E-state index contributed by atoms with van der Waals surface area (Å²) in [5, 5.41) is 13.1. The van der Waals surface area contributed by atoms with Crippen LogP contribution in [0.15, 0.2) is 46.2 Å². The molecule has 8 heteroatoms. The van der Waals surface area contributed by atoms with Crippen molar-refractivity contribution in [3.8, 4) is 17.1 Å². The number of thiophene rings is 1. The average Bonchev–Trinajstić information content (AvgIpc) is 3.18. The van der Waals surface area contributed by atoms with Gasteiger partial charge in [-0.25, -0.2) is 0 Å². The van der Waals surface area contributed by atoms with Crippen LogP contribution in [0.2, 0.25) is 0 Å². The molecule has 0 fully saturated rings. The Morgan fingerprint density at radius 2 is 2.11 bits per heavy atom. The molecule has 0 saturated heterocycles. The Kier molecular flexibility index (Phi) is 5.09. The minimum Gasteiger partial charge on any atom is -0.447 e. The van der Waals surface area contributed by atoms with Crippen LogP contribution in [0.4, 0.5) is 5.69 Å². The molecule has 3 heterocycles. The highest BCUT2D eigenvalue weighted by molar-refractivity contribution is 7.99. The van der Waals surface area contributed by atoms with Gasteiger partial charge in [0.2, 0.25) is 23.2 Å². The van der Waals surface area contributed by atoms with Gasteiger partial charge in [0.1, 0.15) is 0 Å². The van der Waals surface area contributed by atoms with E-state index in [-0.39, 0.29) is 5.91 Å². The van der Waals surface area contributed by atoms with E-state index in [0.717, 1.165) is 22.6 Å². The fourth-order valence-corrected chi connectivity index (χ4v) is 4.15. The molecular formula is C19H18N4O2S2. The smallest absolute Gasteiger partial charge is 0.247 e. The molecule has 138 valence electrons. The van der Waals surface area contributed by atoms with E-state index in [1.807, 2.05) is 54.9 Å². The van der Waals surface area contributed by atoms with Crippen LogP contribution in [0.25, 0.3) is 11.3 Å². The molecule has 1 unspecified atom stereocenters. The van der Waals surface area contributed by atoms with Crippen molar-refractivity contribution in [2.45, 2.75) is 31.7 Å². The largest absolute Gasteiger partial charge is 0.447 e. The van der Waals surface area contributed by atoms with E-state index in [0.29, 0.717) is 23.2 Å². The number of carbonyl (C=O) groups is 1. The van der Waals surface area contributed by atoms with E-state index >= 15 is 0 Å². The normalized spacial score (nSPS) is 15.5. The van der Waals surface area contributed by atoms with Gasteiger partial charge in [-0.05, 0) is 28.6 Å². The zero-order valence-electron chi connectivity index (χ0n) is 15.0. The van der Waals surface area contributed by atoms with Gasteiger partial charge in [-0.3, -0.25) is 9.69 Å². The summed E-state index contributed by atoms with van der Waals surface area (Å²) in [5.74, 6) is 1.21. The summed E-state index contributed by atoms with van der Waals surface area (Å²) in [4.78, 5) is 19.2. The number of fused-ring (bicyclic) bond motifs is 3. The van der Waals surface area contributed by atoms with Crippen molar-refractivity contribution in [3.63, 3.8) is 0 Å². The molecule has 0 aliphatic carbocycles. The predicted molar refractivity (Wildman–Crippen MR) is 107 cm³/mol. The van der Waals surface area contributed by atoms with E-state index < -0.39 is 6.23 Å². The summed E-state index contributed by atoms with van der Waals surface area (Å²) in [5.41, 5.74) is 3.01. The lowest BCUT2D eigenvalue weighted by atomic mass is 10.1. The maximum absolute atomic E-state index is 12.9. The molecule has 0 bridgehead atoms. The molecule has 1 aromatic carbocycles. The van der Waals surface area contributed by atoms with Gasteiger partial charge in [0.25, 0.3) is 0 Å². The minimum absolute atomic E-state index is 0.0254.